The second-order valence-electron chi connectivity index (χ2n) is 4.38. The molecule has 0 aromatic heterocycles. The second-order valence-corrected chi connectivity index (χ2v) is 4.38. The number of hydrogen-bond acceptors (Lipinski definition) is 3. The van der Waals surface area contributed by atoms with Crippen LogP contribution in [0.25, 0.3) is 0 Å². The van der Waals surface area contributed by atoms with Crippen molar-refractivity contribution >= 4 is 41.6 Å². The van der Waals surface area contributed by atoms with E-state index in [2.05, 4.69) is 41.0 Å². The average Bonchev–Trinajstić information content (AvgIpc) is 2.47. The van der Waals surface area contributed by atoms with Crippen molar-refractivity contribution in [1.29, 1.82) is 0 Å². The van der Waals surface area contributed by atoms with Gasteiger partial charge in [-0.2, -0.15) is 0 Å². The van der Waals surface area contributed by atoms with Crippen LogP contribution in [0.3, 0.4) is 0 Å². The molecule has 3 N–H and O–H groups in total. The highest BCUT2D eigenvalue weighted by atomic mass is 127. The normalized spacial score (nSPS) is 10.7. The Hall–Kier alpha value is -1.31. The van der Waals surface area contributed by atoms with Gasteiger partial charge in [0.1, 0.15) is 0 Å². The number of methoxy groups -OCH3 is 1. The molecule has 0 radical (unpaired) electrons. The molecule has 0 heterocycles. The van der Waals surface area contributed by atoms with Gasteiger partial charge in [0.05, 0.1) is 20.1 Å². The third-order valence-electron chi connectivity index (χ3n) is 3.08. The average molecular weight is 405 g/mol. The van der Waals surface area contributed by atoms with E-state index in [4.69, 9.17) is 5.73 Å². The zero-order valence-electron chi connectivity index (χ0n) is 12.8. The number of guanidine groups is 1. The number of aliphatic imine (C=N–C) groups is 1. The van der Waals surface area contributed by atoms with Crippen LogP contribution >= 0.6 is 24.0 Å². The van der Waals surface area contributed by atoms with Gasteiger partial charge in [-0.1, -0.05) is 32.0 Å². The third-order valence-corrected chi connectivity index (χ3v) is 3.08. The fourth-order valence-corrected chi connectivity index (χ4v) is 1.94. The van der Waals surface area contributed by atoms with E-state index < -0.39 is 0 Å². The lowest BCUT2D eigenvalue weighted by atomic mass is 10.0. The van der Waals surface area contributed by atoms with Crippen LogP contribution in [0.4, 0.5) is 5.69 Å². The van der Waals surface area contributed by atoms with E-state index in [1.807, 2.05) is 6.07 Å². The van der Waals surface area contributed by atoms with E-state index in [9.17, 15) is 4.79 Å². The molecule has 0 aliphatic carbocycles. The number of hydrogen-bond donors (Lipinski definition) is 2. The van der Waals surface area contributed by atoms with Gasteiger partial charge in [-0.05, 0) is 24.0 Å². The van der Waals surface area contributed by atoms with Crippen molar-refractivity contribution in [3.63, 3.8) is 0 Å². The molecule has 1 rings (SSSR count). The fourth-order valence-electron chi connectivity index (χ4n) is 1.94. The van der Waals surface area contributed by atoms with Gasteiger partial charge < -0.3 is 15.8 Å². The highest BCUT2D eigenvalue weighted by molar-refractivity contribution is 14.0. The number of benzene rings is 1. The molecule has 0 aliphatic heterocycles. The van der Waals surface area contributed by atoms with Crippen molar-refractivity contribution in [3.05, 3.63) is 29.3 Å². The minimum atomic E-state index is -0.287. The van der Waals surface area contributed by atoms with Gasteiger partial charge in [0, 0.05) is 5.69 Å². The number of rotatable bonds is 6. The lowest BCUT2D eigenvalue weighted by Crippen LogP contribution is -2.24. The van der Waals surface area contributed by atoms with Crippen LogP contribution in [0, 0.1) is 0 Å². The Labute approximate surface area is 143 Å². The first-order chi connectivity index (χ1) is 9.62. The van der Waals surface area contributed by atoms with Crippen molar-refractivity contribution in [2.24, 2.45) is 10.7 Å². The number of carbonyl (C=O) groups is 1. The molecule has 0 aliphatic rings. The minimum absolute atomic E-state index is 0. The molecule has 0 atom stereocenters. The van der Waals surface area contributed by atoms with E-state index in [1.165, 1.54) is 18.2 Å². The molecule has 118 valence electrons. The van der Waals surface area contributed by atoms with E-state index in [0.717, 1.165) is 18.5 Å². The highest BCUT2D eigenvalue weighted by Crippen LogP contribution is 2.22. The Morgan fingerprint density at radius 3 is 2.33 bits per heavy atom. The summed E-state index contributed by atoms with van der Waals surface area (Å²) in [7, 11) is 1.36. The summed E-state index contributed by atoms with van der Waals surface area (Å²) >= 11 is 0. The van der Waals surface area contributed by atoms with E-state index >= 15 is 0 Å². The van der Waals surface area contributed by atoms with Gasteiger partial charge in [0.15, 0.2) is 5.96 Å². The SMILES string of the molecule is CCc1cccc(CC)c1NC(N)=NCCC(=O)OC.I. The van der Waals surface area contributed by atoms with Crippen LogP contribution in [-0.2, 0) is 22.4 Å². The zero-order valence-corrected chi connectivity index (χ0v) is 15.1. The summed E-state index contributed by atoms with van der Waals surface area (Å²) in [4.78, 5) is 15.1. The lowest BCUT2D eigenvalue weighted by Gasteiger charge is -2.14. The minimum Gasteiger partial charge on any atom is -0.469 e. The summed E-state index contributed by atoms with van der Waals surface area (Å²) in [5.41, 5.74) is 9.30. The molecule has 0 unspecified atom stereocenters. The number of nitrogens with two attached hydrogens (primary N) is 1. The van der Waals surface area contributed by atoms with E-state index in [-0.39, 0.29) is 36.4 Å². The third kappa shape index (κ3) is 6.33. The maximum atomic E-state index is 11.0. The van der Waals surface area contributed by atoms with Gasteiger partial charge in [-0.25, -0.2) is 0 Å². The van der Waals surface area contributed by atoms with Gasteiger partial charge in [0.25, 0.3) is 0 Å². The van der Waals surface area contributed by atoms with E-state index in [0.29, 0.717) is 12.5 Å². The van der Waals surface area contributed by atoms with Crippen molar-refractivity contribution in [2.45, 2.75) is 33.1 Å². The molecule has 0 spiro atoms. The van der Waals surface area contributed by atoms with Crippen LogP contribution in [0.5, 0.6) is 0 Å². The molecule has 0 amide bonds. The summed E-state index contributed by atoms with van der Waals surface area (Å²) in [6, 6.07) is 6.19. The molecular formula is C15H24IN3O2. The molecule has 0 fully saturated rings. The van der Waals surface area contributed by atoms with Crippen molar-refractivity contribution < 1.29 is 9.53 Å². The molecule has 1 aromatic carbocycles. The zero-order chi connectivity index (χ0) is 15.0. The summed E-state index contributed by atoms with van der Waals surface area (Å²) < 4.78 is 4.55. The van der Waals surface area contributed by atoms with Crippen LogP contribution in [0.15, 0.2) is 23.2 Å². The number of nitrogens with one attached hydrogen (secondary N) is 1. The first kappa shape index (κ1) is 19.7. The number of para-hydroxylation sites is 1. The standard InChI is InChI=1S/C15H23N3O2.HI/c1-4-11-7-6-8-12(5-2)14(11)18-15(16)17-10-9-13(19)20-3;/h6-8H,4-5,9-10H2,1-3H3,(H3,16,17,18);1H. The first-order valence-corrected chi connectivity index (χ1v) is 6.86. The maximum Gasteiger partial charge on any atom is 0.307 e. The maximum absolute atomic E-state index is 11.0. The summed E-state index contributed by atoms with van der Waals surface area (Å²) in [5, 5.41) is 3.15. The number of aryl methyl sites for hydroxylation is 2. The molecule has 0 saturated carbocycles. The number of halogens is 1. The Morgan fingerprint density at radius 1 is 1.29 bits per heavy atom. The van der Waals surface area contributed by atoms with Crippen molar-refractivity contribution in [2.75, 3.05) is 19.0 Å². The summed E-state index contributed by atoms with van der Waals surface area (Å²) in [6.07, 6.45) is 2.08. The molecule has 5 nitrogen and oxygen atoms in total. The molecule has 6 heteroatoms. The molecule has 0 bridgehead atoms. The quantitative estimate of drug-likeness (QED) is 0.330. The van der Waals surface area contributed by atoms with Gasteiger partial charge in [-0.15, -0.1) is 24.0 Å². The largest absolute Gasteiger partial charge is 0.469 e. The number of esters is 1. The van der Waals surface area contributed by atoms with Crippen LogP contribution in [0.1, 0.15) is 31.4 Å². The molecular weight excluding hydrogens is 381 g/mol. The Bertz CT molecular complexity index is 468. The number of carbonyl (C=O) groups excluding carboxylic acids is 1. The first-order valence-electron chi connectivity index (χ1n) is 6.86. The van der Waals surface area contributed by atoms with Crippen LogP contribution in [0.2, 0.25) is 0 Å². The number of ether oxygens (including phenoxy) is 1. The predicted molar refractivity (Wildman–Crippen MR) is 97.4 cm³/mol. The summed E-state index contributed by atoms with van der Waals surface area (Å²) in [6.45, 7) is 4.52. The van der Waals surface area contributed by atoms with Crippen LogP contribution in [-0.4, -0.2) is 25.6 Å². The van der Waals surface area contributed by atoms with Gasteiger partial charge >= 0.3 is 5.97 Å². The Balaban J connectivity index is 0.00000400. The Morgan fingerprint density at radius 2 is 1.86 bits per heavy atom. The second kappa shape index (κ2) is 10.4. The summed E-state index contributed by atoms with van der Waals surface area (Å²) in [5.74, 6) is 0.0364. The van der Waals surface area contributed by atoms with Crippen molar-refractivity contribution in [1.82, 2.24) is 0 Å². The fraction of sp³-hybridized carbons (Fsp3) is 0.467. The smallest absolute Gasteiger partial charge is 0.307 e. The van der Waals surface area contributed by atoms with Gasteiger partial charge in [-0.3, -0.25) is 9.79 Å². The van der Waals surface area contributed by atoms with Gasteiger partial charge in [0.2, 0.25) is 0 Å². The topological polar surface area (TPSA) is 76.7 Å². The number of anilines is 1. The predicted octanol–water partition coefficient (Wildman–Crippen LogP) is 2.72. The van der Waals surface area contributed by atoms with E-state index in [1.54, 1.807) is 0 Å². The van der Waals surface area contributed by atoms with Crippen molar-refractivity contribution in [3.8, 4) is 0 Å². The monoisotopic (exact) mass is 405 g/mol. The molecule has 21 heavy (non-hydrogen) atoms. The molecule has 0 saturated heterocycles. The molecule has 1 aromatic rings. The lowest BCUT2D eigenvalue weighted by molar-refractivity contribution is -0.140. The number of nitrogens with zero attached hydrogens (tertiary/aromatic N) is 1. The Kier molecular flexibility index (Phi) is 9.77. The highest BCUT2D eigenvalue weighted by Gasteiger charge is 2.07. The van der Waals surface area contributed by atoms with Crippen LogP contribution < -0.4 is 11.1 Å².